The Balaban J connectivity index is 2.17. The zero-order valence-electron chi connectivity index (χ0n) is 13.0. The monoisotopic (exact) mass is 311 g/mol. The first kappa shape index (κ1) is 16.3. The minimum Gasteiger partial charge on any atom is -0.318 e. The maximum absolute atomic E-state index is 12.6. The van der Waals surface area contributed by atoms with Crippen molar-refractivity contribution < 1.29 is 8.42 Å². The fourth-order valence-electron chi connectivity index (χ4n) is 2.74. The van der Waals surface area contributed by atoms with Gasteiger partial charge in [0.15, 0.2) is 0 Å². The minimum absolute atomic E-state index is 0.0350. The molecule has 1 unspecified atom stereocenters. The van der Waals surface area contributed by atoms with E-state index in [1.54, 1.807) is 4.31 Å². The molecule has 0 bridgehead atoms. The molecule has 1 aromatic rings. The summed E-state index contributed by atoms with van der Waals surface area (Å²) >= 11 is 0. The Morgan fingerprint density at radius 1 is 1.24 bits per heavy atom. The SMILES string of the molecule is CNCC1CCCCN1S(=O)(=O)Nc1ccc(C)c(C)c1. The van der Waals surface area contributed by atoms with Crippen molar-refractivity contribution in [2.75, 3.05) is 24.9 Å². The number of benzene rings is 1. The zero-order chi connectivity index (χ0) is 15.5. The van der Waals surface area contributed by atoms with Crippen LogP contribution in [0.25, 0.3) is 0 Å². The minimum atomic E-state index is -3.49. The first-order valence-corrected chi connectivity index (χ1v) is 8.89. The summed E-state index contributed by atoms with van der Waals surface area (Å²) in [7, 11) is -1.64. The van der Waals surface area contributed by atoms with Crippen LogP contribution in [0.3, 0.4) is 0 Å². The van der Waals surface area contributed by atoms with Crippen LogP contribution in [-0.2, 0) is 10.2 Å². The number of likely N-dealkylation sites (N-methyl/N-ethyl adjacent to an activating group) is 1. The number of hydrogen-bond donors (Lipinski definition) is 2. The molecule has 1 aliphatic heterocycles. The predicted octanol–water partition coefficient (Wildman–Crippen LogP) is 2.03. The van der Waals surface area contributed by atoms with Crippen molar-refractivity contribution in [2.45, 2.75) is 39.2 Å². The van der Waals surface area contributed by atoms with Gasteiger partial charge in [-0.2, -0.15) is 12.7 Å². The fourth-order valence-corrected chi connectivity index (χ4v) is 4.23. The molecule has 1 aromatic carbocycles. The van der Waals surface area contributed by atoms with E-state index in [1.807, 2.05) is 39.1 Å². The Labute approximate surface area is 127 Å². The van der Waals surface area contributed by atoms with Crippen molar-refractivity contribution in [2.24, 2.45) is 0 Å². The molecule has 0 saturated carbocycles. The van der Waals surface area contributed by atoms with Crippen LogP contribution in [0, 0.1) is 13.8 Å². The molecule has 5 nitrogen and oxygen atoms in total. The smallest absolute Gasteiger partial charge is 0.301 e. The maximum Gasteiger partial charge on any atom is 0.301 e. The predicted molar refractivity (Wildman–Crippen MR) is 86.7 cm³/mol. The number of hydrogen-bond acceptors (Lipinski definition) is 3. The molecule has 6 heteroatoms. The van der Waals surface area contributed by atoms with Gasteiger partial charge in [0.05, 0.1) is 5.69 Å². The molecular formula is C15H25N3O2S. The third-order valence-corrected chi connectivity index (χ3v) is 5.67. The molecule has 0 aliphatic carbocycles. The van der Waals surface area contributed by atoms with E-state index in [9.17, 15) is 8.42 Å². The number of nitrogens with zero attached hydrogens (tertiary/aromatic N) is 1. The van der Waals surface area contributed by atoms with Gasteiger partial charge in [0.25, 0.3) is 0 Å². The van der Waals surface area contributed by atoms with Crippen molar-refractivity contribution in [3.63, 3.8) is 0 Å². The van der Waals surface area contributed by atoms with Crippen LogP contribution in [-0.4, -0.2) is 38.9 Å². The summed E-state index contributed by atoms with van der Waals surface area (Å²) in [6.45, 7) is 5.28. The van der Waals surface area contributed by atoms with E-state index in [2.05, 4.69) is 10.0 Å². The topological polar surface area (TPSA) is 61.4 Å². The highest BCUT2D eigenvalue weighted by atomic mass is 32.2. The van der Waals surface area contributed by atoms with Gasteiger partial charge in [-0.05, 0) is 57.0 Å². The van der Waals surface area contributed by atoms with E-state index in [0.717, 1.165) is 30.4 Å². The third-order valence-electron chi connectivity index (χ3n) is 4.08. The van der Waals surface area contributed by atoms with Gasteiger partial charge in [-0.1, -0.05) is 12.5 Å². The number of aryl methyl sites for hydroxylation is 2. The normalized spacial score (nSPS) is 20.4. The van der Waals surface area contributed by atoms with Crippen LogP contribution >= 0.6 is 0 Å². The summed E-state index contributed by atoms with van der Waals surface area (Å²) in [5, 5.41) is 3.09. The number of nitrogens with one attached hydrogen (secondary N) is 2. The second-order valence-electron chi connectivity index (χ2n) is 5.72. The Morgan fingerprint density at radius 2 is 2.00 bits per heavy atom. The molecular weight excluding hydrogens is 286 g/mol. The fraction of sp³-hybridized carbons (Fsp3) is 0.600. The van der Waals surface area contributed by atoms with E-state index < -0.39 is 10.2 Å². The van der Waals surface area contributed by atoms with Gasteiger partial charge in [-0.3, -0.25) is 4.72 Å². The standard InChI is InChI=1S/C15H25N3O2S/c1-12-7-8-14(10-13(12)2)17-21(19,20)18-9-5-4-6-15(18)11-16-3/h7-8,10,15-17H,4-6,9,11H2,1-3H3. The van der Waals surface area contributed by atoms with Gasteiger partial charge in [0.2, 0.25) is 0 Å². The van der Waals surface area contributed by atoms with Gasteiger partial charge in [-0.25, -0.2) is 0 Å². The Hall–Kier alpha value is -1.11. The summed E-state index contributed by atoms with van der Waals surface area (Å²) in [6.07, 6.45) is 2.92. The van der Waals surface area contributed by atoms with Crippen molar-refractivity contribution in [1.29, 1.82) is 0 Å². The van der Waals surface area contributed by atoms with E-state index >= 15 is 0 Å². The molecule has 0 amide bonds. The lowest BCUT2D eigenvalue weighted by Crippen LogP contribution is -2.49. The van der Waals surface area contributed by atoms with Crippen molar-refractivity contribution >= 4 is 15.9 Å². The van der Waals surface area contributed by atoms with E-state index in [-0.39, 0.29) is 6.04 Å². The molecule has 21 heavy (non-hydrogen) atoms. The third kappa shape index (κ3) is 3.96. The van der Waals surface area contributed by atoms with Crippen molar-refractivity contribution in [3.05, 3.63) is 29.3 Å². The molecule has 1 atom stereocenters. The van der Waals surface area contributed by atoms with Crippen LogP contribution in [0.2, 0.25) is 0 Å². The van der Waals surface area contributed by atoms with E-state index in [0.29, 0.717) is 18.8 Å². The van der Waals surface area contributed by atoms with Gasteiger partial charge in [0, 0.05) is 19.1 Å². The molecule has 0 spiro atoms. The van der Waals surface area contributed by atoms with Gasteiger partial charge in [0.1, 0.15) is 0 Å². The average Bonchev–Trinajstić information content (AvgIpc) is 2.43. The summed E-state index contributed by atoms with van der Waals surface area (Å²) in [4.78, 5) is 0. The first-order chi connectivity index (χ1) is 9.94. The zero-order valence-corrected chi connectivity index (χ0v) is 13.8. The van der Waals surface area contributed by atoms with Crippen LogP contribution in [0.1, 0.15) is 30.4 Å². The molecule has 2 N–H and O–H groups in total. The quantitative estimate of drug-likeness (QED) is 0.875. The van der Waals surface area contributed by atoms with Gasteiger partial charge < -0.3 is 5.32 Å². The first-order valence-electron chi connectivity index (χ1n) is 7.45. The molecule has 118 valence electrons. The second kappa shape index (κ2) is 6.77. The average molecular weight is 311 g/mol. The molecule has 2 rings (SSSR count). The van der Waals surface area contributed by atoms with Gasteiger partial charge >= 0.3 is 10.2 Å². The summed E-state index contributed by atoms with van der Waals surface area (Å²) in [5.74, 6) is 0. The molecule has 0 aromatic heterocycles. The number of rotatable bonds is 5. The van der Waals surface area contributed by atoms with Crippen LogP contribution in [0.5, 0.6) is 0 Å². The number of anilines is 1. The lowest BCUT2D eigenvalue weighted by atomic mass is 10.1. The Kier molecular flexibility index (Phi) is 5.24. The second-order valence-corrected chi connectivity index (χ2v) is 7.35. The van der Waals surface area contributed by atoms with Crippen molar-refractivity contribution in [3.8, 4) is 0 Å². The van der Waals surface area contributed by atoms with Crippen LogP contribution in [0.15, 0.2) is 18.2 Å². The largest absolute Gasteiger partial charge is 0.318 e. The van der Waals surface area contributed by atoms with Crippen LogP contribution in [0.4, 0.5) is 5.69 Å². The van der Waals surface area contributed by atoms with Crippen LogP contribution < -0.4 is 10.0 Å². The molecule has 1 saturated heterocycles. The number of piperidine rings is 1. The van der Waals surface area contributed by atoms with E-state index in [1.165, 1.54) is 0 Å². The summed E-state index contributed by atoms with van der Waals surface area (Å²) in [6, 6.07) is 5.67. The van der Waals surface area contributed by atoms with E-state index in [4.69, 9.17) is 0 Å². The Morgan fingerprint density at radius 3 is 2.67 bits per heavy atom. The highest BCUT2D eigenvalue weighted by Crippen LogP contribution is 2.22. The van der Waals surface area contributed by atoms with Crippen molar-refractivity contribution in [1.82, 2.24) is 9.62 Å². The molecule has 1 aliphatic rings. The molecule has 0 radical (unpaired) electrons. The lowest BCUT2D eigenvalue weighted by Gasteiger charge is -2.34. The maximum atomic E-state index is 12.6. The molecule has 1 heterocycles. The molecule has 1 fully saturated rings. The highest BCUT2D eigenvalue weighted by Gasteiger charge is 2.31. The lowest BCUT2D eigenvalue weighted by molar-refractivity contribution is 0.250. The highest BCUT2D eigenvalue weighted by molar-refractivity contribution is 7.90. The Bertz CT molecular complexity index is 585. The summed E-state index contributed by atoms with van der Waals surface area (Å²) in [5.41, 5.74) is 2.87. The van der Waals surface area contributed by atoms with Gasteiger partial charge in [-0.15, -0.1) is 0 Å². The summed E-state index contributed by atoms with van der Waals surface area (Å²) < 4.78 is 29.6.